The molecule has 0 atom stereocenters. The molecule has 5 heteroatoms. The lowest BCUT2D eigenvalue weighted by atomic mass is 9.99. The summed E-state index contributed by atoms with van der Waals surface area (Å²) in [6.07, 6.45) is 3.96. The Morgan fingerprint density at radius 1 is 1.35 bits per heavy atom. The number of aryl methyl sites for hydroxylation is 1. The van der Waals surface area contributed by atoms with Gasteiger partial charge in [-0.05, 0) is 43.0 Å². The maximum atomic E-state index is 9.39. The van der Waals surface area contributed by atoms with E-state index in [1.807, 2.05) is 0 Å². The summed E-state index contributed by atoms with van der Waals surface area (Å²) in [5.74, 6) is 0. The van der Waals surface area contributed by atoms with Crippen LogP contribution in [0, 0.1) is 0 Å². The van der Waals surface area contributed by atoms with E-state index in [0.717, 1.165) is 30.8 Å². The molecule has 1 aliphatic heterocycles. The zero-order valence-electron chi connectivity index (χ0n) is 13.3. The molecular weight excluding hydrogens is 310 g/mol. The van der Waals surface area contributed by atoms with E-state index in [1.165, 1.54) is 23.2 Å². The molecule has 2 aromatic rings. The Balaban J connectivity index is 1.75. The van der Waals surface area contributed by atoms with Crippen LogP contribution < -0.4 is 10.2 Å². The highest BCUT2D eigenvalue weighted by atomic mass is 35.5. The molecule has 23 heavy (non-hydrogen) atoms. The molecule has 3 rings (SSSR count). The topological polar surface area (TPSA) is 48.4 Å². The second kappa shape index (κ2) is 7.20. The number of aliphatic hydroxyl groups is 1. The highest BCUT2D eigenvalue weighted by molar-refractivity contribution is 6.29. The molecule has 0 spiro atoms. The molecule has 4 nitrogen and oxygen atoms in total. The zero-order chi connectivity index (χ0) is 16.2. The van der Waals surface area contributed by atoms with E-state index < -0.39 is 0 Å². The average Bonchev–Trinajstić information content (AvgIpc) is 2.59. The Morgan fingerprint density at radius 2 is 2.22 bits per heavy atom. The van der Waals surface area contributed by atoms with E-state index >= 15 is 0 Å². The number of benzene rings is 1. The number of nitrogens with one attached hydrogen (secondary N) is 1. The van der Waals surface area contributed by atoms with Gasteiger partial charge < -0.3 is 15.3 Å². The van der Waals surface area contributed by atoms with Gasteiger partial charge in [-0.1, -0.05) is 23.7 Å². The van der Waals surface area contributed by atoms with Crippen LogP contribution >= 0.6 is 11.6 Å². The fourth-order valence-corrected chi connectivity index (χ4v) is 3.27. The Kier molecular flexibility index (Phi) is 5.03. The van der Waals surface area contributed by atoms with Crippen LogP contribution in [0.15, 0.2) is 30.5 Å². The van der Waals surface area contributed by atoms with E-state index in [9.17, 15) is 5.11 Å². The monoisotopic (exact) mass is 331 g/mol. The average molecular weight is 332 g/mol. The van der Waals surface area contributed by atoms with Gasteiger partial charge in [0.15, 0.2) is 0 Å². The molecule has 0 amide bonds. The van der Waals surface area contributed by atoms with Crippen molar-refractivity contribution in [3.63, 3.8) is 0 Å². The molecule has 0 aliphatic carbocycles. The lowest BCUT2D eigenvalue weighted by molar-refractivity contribution is 0.282. The van der Waals surface area contributed by atoms with Gasteiger partial charge in [0.1, 0.15) is 5.15 Å². The first-order valence-electron chi connectivity index (χ1n) is 8.07. The molecule has 0 saturated carbocycles. The molecule has 122 valence electrons. The molecular formula is C18H22ClN3O. The number of aliphatic hydroxyl groups excluding tert-OH is 1. The number of halogens is 1. The van der Waals surface area contributed by atoms with Crippen molar-refractivity contribution in [1.82, 2.24) is 4.98 Å². The Bertz CT molecular complexity index is 690. The van der Waals surface area contributed by atoms with Gasteiger partial charge in [-0.25, -0.2) is 4.98 Å². The molecule has 1 aromatic heterocycles. The van der Waals surface area contributed by atoms with E-state index in [2.05, 4.69) is 40.3 Å². The third-order valence-corrected chi connectivity index (χ3v) is 4.55. The molecule has 1 aromatic carbocycles. The normalized spacial score (nSPS) is 13.8. The third-order valence-electron chi connectivity index (χ3n) is 4.35. The van der Waals surface area contributed by atoms with Crippen LogP contribution in [0.2, 0.25) is 5.15 Å². The maximum absolute atomic E-state index is 9.39. The molecule has 0 fully saturated rings. The van der Waals surface area contributed by atoms with E-state index in [-0.39, 0.29) is 6.61 Å². The molecule has 0 bridgehead atoms. The van der Waals surface area contributed by atoms with Crippen molar-refractivity contribution in [3.05, 3.63) is 52.3 Å². The molecule has 0 unspecified atom stereocenters. The first kappa shape index (κ1) is 16.1. The zero-order valence-corrected chi connectivity index (χ0v) is 14.1. The second-order valence-corrected chi connectivity index (χ2v) is 6.21. The predicted octanol–water partition coefficient (Wildman–Crippen LogP) is 3.61. The first-order valence-corrected chi connectivity index (χ1v) is 8.45. The number of rotatable bonds is 5. The third kappa shape index (κ3) is 3.59. The van der Waals surface area contributed by atoms with Crippen molar-refractivity contribution in [2.24, 2.45) is 0 Å². The van der Waals surface area contributed by atoms with Crippen molar-refractivity contribution in [1.29, 1.82) is 0 Å². The fraction of sp³-hybridized carbons (Fsp3) is 0.389. The number of hydrogen-bond donors (Lipinski definition) is 2. The number of anilines is 2. The molecule has 0 radical (unpaired) electrons. The summed E-state index contributed by atoms with van der Waals surface area (Å²) < 4.78 is 0. The van der Waals surface area contributed by atoms with Crippen molar-refractivity contribution in [2.45, 2.75) is 32.9 Å². The minimum absolute atomic E-state index is 0.0534. The van der Waals surface area contributed by atoms with Crippen molar-refractivity contribution < 1.29 is 5.11 Å². The summed E-state index contributed by atoms with van der Waals surface area (Å²) in [7, 11) is 0. The van der Waals surface area contributed by atoms with Crippen LogP contribution in [0.4, 0.5) is 11.4 Å². The summed E-state index contributed by atoms with van der Waals surface area (Å²) in [5.41, 5.74) is 5.61. The smallest absolute Gasteiger partial charge is 0.131 e. The van der Waals surface area contributed by atoms with Gasteiger partial charge in [0.25, 0.3) is 0 Å². The Labute approximate surface area is 142 Å². The number of pyridine rings is 1. The molecule has 0 saturated heterocycles. The number of hydrogen-bond acceptors (Lipinski definition) is 4. The fourth-order valence-electron chi connectivity index (χ4n) is 3.11. The highest BCUT2D eigenvalue weighted by Crippen LogP contribution is 2.28. The molecule has 1 aliphatic rings. The summed E-state index contributed by atoms with van der Waals surface area (Å²) in [5, 5.41) is 13.2. The quantitative estimate of drug-likeness (QED) is 0.822. The van der Waals surface area contributed by atoms with Gasteiger partial charge in [-0.3, -0.25) is 0 Å². The SMILES string of the molecule is CCN1CCCc2cc(CNc3cc(Cl)ncc3CO)ccc21. The van der Waals surface area contributed by atoms with Crippen LogP contribution in [0.25, 0.3) is 0 Å². The van der Waals surface area contributed by atoms with Crippen LogP contribution in [0.1, 0.15) is 30.0 Å². The van der Waals surface area contributed by atoms with Gasteiger partial charge in [0, 0.05) is 42.8 Å². The van der Waals surface area contributed by atoms with Crippen LogP contribution in [-0.2, 0) is 19.6 Å². The van der Waals surface area contributed by atoms with Gasteiger partial charge >= 0.3 is 0 Å². The summed E-state index contributed by atoms with van der Waals surface area (Å²) in [6, 6.07) is 8.43. The standard InChI is InChI=1S/C18H22ClN3O/c1-2-22-7-3-4-14-8-13(5-6-17(14)22)10-20-16-9-18(19)21-11-15(16)12-23/h5-6,8-9,11,23H,2-4,7,10,12H2,1H3,(H,20,21). The lowest BCUT2D eigenvalue weighted by Gasteiger charge is -2.30. The van der Waals surface area contributed by atoms with Gasteiger partial charge in [-0.2, -0.15) is 0 Å². The largest absolute Gasteiger partial charge is 0.392 e. The van der Waals surface area contributed by atoms with Crippen LogP contribution in [-0.4, -0.2) is 23.2 Å². The first-order chi connectivity index (χ1) is 11.2. The van der Waals surface area contributed by atoms with E-state index in [1.54, 1.807) is 12.3 Å². The van der Waals surface area contributed by atoms with Gasteiger partial charge in [0.05, 0.1) is 6.61 Å². The van der Waals surface area contributed by atoms with Crippen LogP contribution in [0.3, 0.4) is 0 Å². The minimum Gasteiger partial charge on any atom is -0.392 e. The number of aromatic nitrogens is 1. The highest BCUT2D eigenvalue weighted by Gasteiger charge is 2.15. The number of nitrogens with zero attached hydrogens (tertiary/aromatic N) is 2. The van der Waals surface area contributed by atoms with Gasteiger partial charge in [-0.15, -0.1) is 0 Å². The van der Waals surface area contributed by atoms with Crippen molar-refractivity contribution in [3.8, 4) is 0 Å². The van der Waals surface area contributed by atoms with Crippen molar-refractivity contribution >= 4 is 23.0 Å². The van der Waals surface area contributed by atoms with Gasteiger partial charge in [0.2, 0.25) is 0 Å². The van der Waals surface area contributed by atoms with Crippen LogP contribution in [0.5, 0.6) is 0 Å². The predicted molar refractivity (Wildman–Crippen MR) is 95.1 cm³/mol. The Hall–Kier alpha value is -1.78. The maximum Gasteiger partial charge on any atom is 0.131 e. The van der Waals surface area contributed by atoms with Crippen molar-refractivity contribution in [2.75, 3.05) is 23.3 Å². The lowest BCUT2D eigenvalue weighted by Crippen LogP contribution is -2.28. The minimum atomic E-state index is -0.0534. The molecule has 2 N–H and O–H groups in total. The molecule has 2 heterocycles. The van der Waals surface area contributed by atoms with E-state index in [4.69, 9.17) is 11.6 Å². The second-order valence-electron chi connectivity index (χ2n) is 5.82. The summed E-state index contributed by atoms with van der Waals surface area (Å²) in [6.45, 7) is 5.06. The number of fused-ring (bicyclic) bond motifs is 1. The summed E-state index contributed by atoms with van der Waals surface area (Å²) >= 11 is 5.94. The summed E-state index contributed by atoms with van der Waals surface area (Å²) in [4.78, 5) is 6.43. The van der Waals surface area contributed by atoms with E-state index in [0.29, 0.717) is 11.7 Å². The Morgan fingerprint density at radius 3 is 3.00 bits per heavy atom.